The average Bonchev–Trinajstić information content (AvgIpc) is 2.74. The summed E-state index contributed by atoms with van der Waals surface area (Å²) in [6, 6.07) is 12.1. The van der Waals surface area contributed by atoms with E-state index in [-0.39, 0.29) is 0 Å². The number of benzene rings is 2. The normalized spacial score (nSPS) is 13.8. The molecule has 0 unspecified atom stereocenters. The number of nitrogen functional groups attached to an aromatic ring is 1. The van der Waals surface area contributed by atoms with E-state index in [2.05, 4.69) is 39.6 Å². The van der Waals surface area contributed by atoms with Crippen LogP contribution in [-0.4, -0.2) is 0 Å². The van der Waals surface area contributed by atoms with Gasteiger partial charge in [-0.15, -0.1) is 0 Å². The van der Waals surface area contributed by atoms with Crippen molar-refractivity contribution in [3.05, 3.63) is 56.1 Å². The smallest absolute Gasteiger partial charge is 0.0509 e. The van der Waals surface area contributed by atoms with E-state index in [1.165, 1.54) is 20.4 Å². The lowest BCUT2D eigenvalue weighted by Gasteiger charge is -2.19. The van der Waals surface area contributed by atoms with Crippen LogP contribution >= 0.6 is 34.2 Å². The number of nitrogens with two attached hydrogens (primary N) is 1. The van der Waals surface area contributed by atoms with E-state index in [9.17, 15) is 0 Å². The summed E-state index contributed by atoms with van der Waals surface area (Å²) in [7, 11) is 0. The fourth-order valence-electron chi connectivity index (χ4n) is 2.36. The molecule has 0 fully saturated rings. The van der Waals surface area contributed by atoms with Crippen LogP contribution in [0.25, 0.3) is 0 Å². The first-order valence-corrected chi connectivity index (χ1v) is 7.17. The van der Waals surface area contributed by atoms with E-state index in [0.717, 1.165) is 23.8 Å². The zero-order valence-electron chi connectivity index (χ0n) is 9.66. The van der Waals surface area contributed by atoms with Gasteiger partial charge in [0.2, 0.25) is 0 Å². The molecule has 1 aliphatic heterocycles. The molecule has 92 valence electrons. The van der Waals surface area contributed by atoms with Crippen LogP contribution in [0.2, 0.25) is 5.02 Å². The van der Waals surface area contributed by atoms with Crippen LogP contribution in [0.5, 0.6) is 0 Å². The Balaban J connectivity index is 1.96. The Bertz CT molecular complexity index is 613. The highest BCUT2D eigenvalue weighted by atomic mass is 127. The Morgan fingerprint density at radius 1 is 1.17 bits per heavy atom. The molecule has 0 radical (unpaired) electrons. The van der Waals surface area contributed by atoms with Crippen molar-refractivity contribution in [2.75, 3.05) is 10.6 Å². The van der Waals surface area contributed by atoms with Gasteiger partial charge in [-0.3, -0.25) is 0 Å². The van der Waals surface area contributed by atoms with Crippen LogP contribution in [-0.2, 0) is 13.1 Å². The minimum atomic E-state index is 0.777. The van der Waals surface area contributed by atoms with Crippen molar-refractivity contribution >= 4 is 45.6 Å². The van der Waals surface area contributed by atoms with Gasteiger partial charge in [-0.2, -0.15) is 0 Å². The molecule has 2 aromatic rings. The van der Waals surface area contributed by atoms with Gasteiger partial charge in [0.05, 0.1) is 5.69 Å². The number of nitrogens with zero attached hydrogens (tertiary/aromatic N) is 1. The molecular weight excluding hydrogens is 359 g/mol. The van der Waals surface area contributed by atoms with E-state index in [1.54, 1.807) is 0 Å². The predicted molar refractivity (Wildman–Crippen MR) is 84.9 cm³/mol. The largest absolute Gasteiger partial charge is 0.398 e. The van der Waals surface area contributed by atoms with Gasteiger partial charge >= 0.3 is 0 Å². The number of halogens is 2. The highest BCUT2D eigenvalue weighted by molar-refractivity contribution is 14.1. The first-order chi connectivity index (χ1) is 8.65. The van der Waals surface area contributed by atoms with Crippen LogP contribution in [0, 0.1) is 3.57 Å². The third kappa shape index (κ3) is 2.06. The van der Waals surface area contributed by atoms with E-state index in [0.29, 0.717) is 0 Å². The molecule has 0 bridgehead atoms. The van der Waals surface area contributed by atoms with Crippen molar-refractivity contribution in [2.45, 2.75) is 13.1 Å². The molecule has 1 aliphatic rings. The molecule has 2 nitrogen and oxygen atoms in total. The lowest BCUT2D eigenvalue weighted by Crippen LogP contribution is -2.15. The van der Waals surface area contributed by atoms with E-state index < -0.39 is 0 Å². The number of rotatable bonds is 1. The maximum Gasteiger partial charge on any atom is 0.0509 e. The quantitative estimate of drug-likeness (QED) is 0.606. The second-order valence-electron chi connectivity index (χ2n) is 4.44. The van der Waals surface area contributed by atoms with Gasteiger partial charge in [0.15, 0.2) is 0 Å². The van der Waals surface area contributed by atoms with Gasteiger partial charge < -0.3 is 10.6 Å². The summed E-state index contributed by atoms with van der Waals surface area (Å²) in [4.78, 5) is 2.33. The topological polar surface area (TPSA) is 29.3 Å². The number of anilines is 2. The SMILES string of the molecule is Nc1cccc2c1CN(c1ccc(Cl)cc1I)C2. The van der Waals surface area contributed by atoms with E-state index in [4.69, 9.17) is 17.3 Å². The molecule has 2 N–H and O–H groups in total. The van der Waals surface area contributed by atoms with Crippen LogP contribution < -0.4 is 10.6 Å². The number of hydrogen-bond acceptors (Lipinski definition) is 2. The highest BCUT2D eigenvalue weighted by Gasteiger charge is 2.22. The molecule has 0 aromatic heterocycles. The zero-order chi connectivity index (χ0) is 12.7. The molecule has 2 aromatic carbocycles. The molecule has 0 spiro atoms. The Labute approximate surface area is 125 Å². The summed E-state index contributed by atoms with van der Waals surface area (Å²) in [6.45, 7) is 1.79. The maximum absolute atomic E-state index is 6.02. The van der Waals surface area contributed by atoms with Crippen molar-refractivity contribution in [3.8, 4) is 0 Å². The maximum atomic E-state index is 6.02. The lowest BCUT2D eigenvalue weighted by atomic mass is 10.1. The number of fused-ring (bicyclic) bond motifs is 1. The predicted octanol–water partition coefficient (Wildman–Crippen LogP) is 4.05. The first-order valence-electron chi connectivity index (χ1n) is 5.71. The molecule has 4 heteroatoms. The van der Waals surface area contributed by atoms with Crippen LogP contribution in [0.15, 0.2) is 36.4 Å². The lowest BCUT2D eigenvalue weighted by molar-refractivity contribution is 0.878. The average molecular weight is 371 g/mol. The third-order valence-electron chi connectivity index (χ3n) is 3.27. The highest BCUT2D eigenvalue weighted by Crippen LogP contribution is 2.34. The monoisotopic (exact) mass is 370 g/mol. The van der Waals surface area contributed by atoms with E-state index >= 15 is 0 Å². The molecule has 0 saturated heterocycles. The summed E-state index contributed by atoms with van der Waals surface area (Å²) in [5, 5.41) is 0.777. The minimum absolute atomic E-state index is 0.777. The van der Waals surface area contributed by atoms with Crippen molar-refractivity contribution in [1.82, 2.24) is 0 Å². The summed E-state index contributed by atoms with van der Waals surface area (Å²) >= 11 is 8.32. The molecule has 0 atom stereocenters. The van der Waals surface area contributed by atoms with Crippen molar-refractivity contribution in [2.24, 2.45) is 0 Å². The Morgan fingerprint density at radius 3 is 2.72 bits per heavy atom. The molecule has 0 saturated carbocycles. The summed E-state index contributed by atoms with van der Waals surface area (Å²) in [6.07, 6.45) is 0. The van der Waals surface area contributed by atoms with Crippen LogP contribution in [0.3, 0.4) is 0 Å². The van der Waals surface area contributed by atoms with Gasteiger partial charge in [-0.05, 0) is 58.0 Å². The van der Waals surface area contributed by atoms with Crippen LogP contribution in [0.4, 0.5) is 11.4 Å². The summed E-state index contributed by atoms with van der Waals surface area (Å²) < 4.78 is 1.17. The van der Waals surface area contributed by atoms with Crippen molar-refractivity contribution in [1.29, 1.82) is 0 Å². The van der Waals surface area contributed by atoms with Crippen molar-refractivity contribution < 1.29 is 0 Å². The fraction of sp³-hybridized carbons (Fsp3) is 0.143. The van der Waals surface area contributed by atoms with Gasteiger partial charge in [0, 0.05) is 27.4 Å². The molecule has 3 rings (SSSR count). The Morgan fingerprint density at radius 2 is 2.00 bits per heavy atom. The van der Waals surface area contributed by atoms with Gasteiger partial charge in [0.25, 0.3) is 0 Å². The zero-order valence-corrected chi connectivity index (χ0v) is 12.6. The van der Waals surface area contributed by atoms with Crippen molar-refractivity contribution in [3.63, 3.8) is 0 Å². The minimum Gasteiger partial charge on any atom is -0.398 e. The molecule has 0 amide bonds. The summed E-state index contributed by atoms with van der Waals surface area (Å²) in [5.74, 6) is 0. The molecule has 0 aliphatic carbocycles. The van der Waals surface area contributed by atoms with Gasteiger partial charge in [-0.1, -0.05) is 23.7 Å². The summed E-state index contributed by atoms with van der Waals surface area (Å²) in [5.41, 5.74) is 10.7. The van der Waals surface area contributed by atoms with Crippen LogP contribution in [0.1, 0.15) is 11.1 Å². The number of hydrogen-bond donors (Lipinski definition) is 1. The Hall–Kier alpha value is -0.940. The first kappa shape index (κ1) is 12.1. The fourth-order valence-corrected chi connectivity index (χ4v) is 3.57. The second kappa shape index (κ2) is 4.63. The molecular formula is C14H12ClIN2. The molecule has 1 heterocycles. The van der Waals surface area contributed by atoms with Gasteiger partial charge in [0.1, 0.15) is 0 Å². The third-order valence-corrected chi connectivity index (χ3v) is 4.37. The second-order valence-corrected chi connectivity index (χ2v) is 6.04. The Kier molecular flexibility index (Phi) is 3.11. The van der Waals surface area contributed by atoms with Gasteiger partial charge in [-0.25, -0.2) is 0 Å². The standard InChI is InChI=1S/C14H12ClIN2/c15-10-4-5-14(12(16)6-10)18-7-9-2-1-3-13(17)11(9)8-18/h1-6H,7-8,17H2. The molecule has 18 heavy (non-hydrogen) atoms. The van der Waals surface area contributed by atoms with E-state index in [1.807, 2.05) is 24.3 Å².